The van der Waals surface area contributed by atoms with Gasteiger partial charge in [-0.1, -0.05) is 11.6 Å². The summed E-state index contributed by atoms with van der Waals surface area (Å²) >= 11 is 8.03. The number of aromatic nitrogens is 3. The molecule has 136 valence electrons. The Morgan fingerprint density at radius 3 is 2.89 bits per heavy atom. The first-order valence-electron chi connectivity index (χ1n) is 8.83. The third-order valence-electron chi connectivity index (χ3n) is 4.72. The highest BCUT2D eigenvalue weighted by Gasteiger charge is 2.24. The molecule has 0 saturated carbocycles. The van der Waals surface area contributed by atoms with Gasteiger partial charge < -0.3 is 4.74 Å². The van der Waals surface area contributed by atoms with Crippen LogP contribution in [0.4, 0.5) is 0 Å². The fraction of sp³-hybridized carbons (Fsp3) is 0.143. The number of thiophene rings is 1. The van der Waals surface area contributed by atoms with Crippen molar-refractivity contribution in [2.45, 2.75) is 19.3 Å². The summed E-state index contributed by atoms with van der Waals surface area (Å²) in [6.07, 6.45) is 6.66. The lowest BCUT2D eigenvalue weighted by atomic mass is 10.2. The SMILES string of the molecule is N#Cc1ccc(Oc2nc(-c3cccnc3)nc3sc4c(c23)CCC4)c(Cl)c1. The highest BCUT2D eigenvalue weighted by molar-refractivity contribution is 7.19. The highest BCUT2D eigenvalue weighted by atomic mass is 35.5. The maximum absolute atomic E-state index is 9.05. The molecule has 0 bridgehead atoms. The van der Waals surface area contributed by atoms with E-state index in [0.29, 0.717) is 28.0 Å². The van der Waals surface area contributed by atoms with Gasteiger partial charge in [-0.3, -0.25) is 4.98 Å². The minimum absolute atomic E-state index is 0.376. The fourth-order valence-electron chi connectivity index (χ4n) is 3.42. The van der Waals surface area contributed by atoms with Crippen molar-refractivity contribution < 1.29 is 4.74 Å². The lowest BCUT2D eigenvalue weighted by molar-refractivity contribution is 0.469. The average molecular weight is 405 g/mol. The van der Waals surface area contributed by atoms with Crippen LogP contribution in [0.5, 0.6) is 11.6 Å². The molecule has 1 aromatic carbocycles. The Kier molecular flexibility index (Phi) is 4.19. The van der Waals surface area contributed by atoms with Crippen molar-refractivity contribution >= 4 is 33.2 Å². The predicted molar refractivity (Wildman–Crippen MR) is 109 cm³/mol. The molecule has 5 rings (SSSR count). The Labute approximate surface area is 170 Å². The maximum atomic E-state index is 9.05. The number of benzene rings is 1. The molecule has 28 heavy (non-hydrogen) atoms. The highest BCUT2D eigenvalue weighted by Crippen LogP contribution is 2.43. The van der Waals surface area contributed by atoms with Crippen molar-refractivity contribution in [3.05, 3.63) is 63.8 Å². The summed E-state index contributed by atoms with van der Waals surface area (Å²) in [6, 6.07) is 10.8. The van der Waals surface area contributed by atoms with Gasteiger partial charge in [0.25, 0.3) is 0 Å². The third-order valence-corrected chi connectivity index (χ3v) is 6.20. The van der Waals surface area contributed by atoms with E-state index < -0.39 is 0 Å². The molecule has 5 nitrogen and oxygen atoms in total. The second-order valence-electron chi connectivity index (χ2n) is 6.49. The van der Waals surface area contributed by atoms with E-state index in [4.69, 9.17) is 31.6 Å². The molecule has 4 aromatic rings. The summed E-state index contributed by atoms with van der Waals surface area (Å²) in [5, 5.41) is 10.4. The summed E-state index contributed by atoms with van der Waals surface area (Å²) in [5.74, 6) is 1.53. The van der Waals surface area contributed by atoms with Crippen LogP contribution in [0, 0.1) is 11.3 Å². The Morgan fingerprint density at radius 2 is 2.11 bits per heavy atom. The zero-order valence-electron chi connectivity index (χ0n) is 14.6. The van der Waals surface area contributed by atoms with Gasteiger partial charge in [0, 0.05) is 22.8 Å². The number of rotatable bonds is 3. The van der Waals surface area contributed by atoms with Gasteiger partial charge in [-0.05, 0) is 55.2 Å². The van der Waals surface area contributed by atoms with Crippen LogP contribution in [0.3, 0.4) is 0 Å². The Bertz CT molecular complexity index is 1250. The van der Waals surface area contributed by atoms with Crippen LogP contribution >= 0.6 is 22.9 Å². The van der Waals surface area contributed by atoms with E-state index in [9.17, 15) is 0 Å². The summed E-state index contributed by atoms with van der Waals surface area (Å²) in [5.41, 5.74) is 2.59. The molecule has 0 unspecified atom stereocenters. The molecule has 0 radical (unpaired) electrons. The van der Waals surface area contributed by atoms with Gasteiger partial charge in [0.05, 0.1) is 22.0 Å². The second kappa shape index (κ2) is 6.86. The van der Waals surface area contributed by atoms with Gasteiger partial charge in [-0.2, -0.15) is 10.2 Å². The number of hydrogen-bond acceptors (Lipinski definition) is 6. The van der Waals surface area contributed by atoms with Crippen molar-refractivity contribution in [2.75, 3.05) is 0 Å². The van der Waals surface area contributed by atoms with Crippen LogP contribution in [0.15, 0.2) is 42.7 Å². The van der Waals surface area contributed by atoms with Gasteiger partial charge in [0.2, 0.25) is 5.88 Å². The molecule has 0 atom stereocenters. The molecular weight excluding hydrogens is 392 g/mol. The van der Waals surface area contributed by atoms with Crippen LogP contribution < -0.4 is 4.74 Å². The van der Waals surface area contributed by atoms with Gasteiger partial charge in [0.1, 0.15) is 10.6 Å². The summed E-state index contributed by atoms with van der Waals surface area (Å²) < 4.78 is 6.16. The lowest BCUT2D eigenvalue weighted by Crippen LogP contribution is -1.96. The number of nitriles is 1. The van der Waals surface area contributed by atoms with E-state index in [-0.39, 0.29) is 0 Å². The molecule has 0 amide bonds. The van der Waals surface area contributed by atoms with Crippen molar-refractivity contribution in [1.29, 1.82) is 5.26 Å². The van der Waals surface area contributed by atoms with Crippen LogP contribution in [-0.2, 0) is 12.8 Å². The minimum Gasteiger partial charge on any atom is -0.437 e. The molecule has 7 heteroatoms. The first-order valence-corrected chi connectivity index (χ1v) is 10.0. The van der Waals surface area contributed by atoms with Gasteiger partial charge in [0.15, 0.2) is 5.82 Å². The molecule has 1 aliphatic carbocycles. The summed E-state index contributed by atoms with van der Waals surface area (Å²) in [6.45, 7) is 0. The van der Waals surface area contributed by atoms with E-state index in [1.165, 1.54) is 10.4 Å². The Hall–Kier alpha value is -3.01. The fourth-order valence-corrected chi connectivity index (χ4v) is 4.89. The number of nitrogens with zero attached hydrogens (tertiary/aromatic N) is 4. The normalized spacial score (nSPS) is 12.7. The van der Waals surface area contributed by atoms with Crippen molar-refractivity contribution in [2.24, 2.45) is 0 Å². The van der Waals surface area contributed by atoms with Crippen molar-refractivity contribution in [1.82, 2.24) is 15.0 Å². The number of fused-ring (bicyclic) bond motifs is 3. The van der Waals surface area contributed by atoms with Crippen LogP contribution in [0.2, 0.25) is 5.02 Å². The lowest BCUT2D eigenvalue weighted by Gasteiger charge is -2.10. The number of hydrogen-bond donors (Lipinski definition) is 0. The smallest absolute Gasteiger partial charge is 0.232 e. The van der Waals surface area contributed by atoms with E-state index in [2.05, 4.69) is 11.1 Å². The van der Waals surface area contributed by atoms with E-state index in [1.807, 2.05) is 12.1 Å². The van der Waals surface area contributed by atoms with E-state index in [0.717, 1.165) is 35.0 Å². The Morgan fingerprint density at radius 1 is 1.18 bits per heavy atom. The molecule has 0 fully saturated rings. The van der Waals surface area contributed by atoms with E-state index in [1.54, 1.807) is 41.9 Å². The molecule has 3 heterocycles. The topological polar surface area (TPSA) is 71.7 Å². The zero-order valence-corrected chi connectivity index (χ0v) is 16.2. The molecule has 0 N–H and O–H groups in total. The molecule has 0 spiro atoms. The number of ether oxygens (including phenoxy) is 1. The standard InChI is InChI=1S/C21H13ClN4OS/c22-15-9-12(10-23)6-7-16(15)27-20-18-14-4-1-5-17(14)28-21(18)26-19(25-20)13-3-2-8-24-11-13/h2-3,6-9,11H,1,4-5H2. The number of pyridine rings is 1. The number of halogens is 1. The van der Waals surface area contributed by atoms with Gasteiger partial charge in [-0.25, -0.2) is 4.98 Å². The molecule has 1 aliphatic rings. The van der Waals surface area contributed by atoms with Crippen molar-refractivity contribution in [3.8, 4) is 29.1 Å². The molecule has 0 saturated heterocycles. The first-order chi connectivity index (χ1) is 13.7. The van der Waals surface area contributed by atoms with Gasteiger partial charge >= 0.3 is 0 Å². The summed E-state index contributed by atoms with van der Waals surface area (Å²) in [7, 11) is 0. The van der Waals surface area contributed by atoms with Crippen LogP contribution in [0.25, 0.3) is 21.6 Å². The second-order valence-corrected chi connectivity index (χ2v) is 7.98. The van der Waals surface area contributed by atoms with Gasteiger partial charge in [-0.15, -0.1) is 11.3 Å². The van der Waals surface area contributed by atoms with E-state index >= 15 is 0 Å². The first kappa shape index (κ1) is 17.1. The molecule has 0 aliphatic heterocycles. The molecular formula is C21H13ClN4OS. The largest absolute Gasteiger partial charge is 0.437 e. The average Bonchev–Trinajstić information content (AvgIpc) is 3.31. The van der Waals surface area contributed by atoms with Crippen LogP contribution in [-0.4, -0.2) is 15.0 Å². The number of aryl methyl sites for hydroxylation is 2. The predicted octanol–water partition coefficient (Wildman–Crippen LogP) is 5.56. The Balaban J connectivity index is 1.69. The summed E-state index contributed by atoms with van der Waals surface area (Å²) in [4.78, 5) is 15.9. The monoisotopic (exact) mass is 404 g/mol. The zero-order chi connectivity index (χ0) is 19.1. The minimum atomic E-state index is 0.376. The van der Waals surface area contributed by atoms with Crippen molar-refractivity contribution in [3.63, 3.8) is 0 Å². The quantitative estimate of drug-likeness (QED) is 0.447. The van der Waals surface area contributed by atoms with Crippen LogP contribution in [0.1, 0.15) is 22.4 Å². The molecule has 3 aromatic heterocycles. The maximum Gasteiger partial charge on any atom is 0.232 e. The third kappa shape index (κ3) is 2.89.